The van der Waals surface area contributed by atoms with Gasteiger partial charge in [0.1, 0.15) is 11.4 Å². The summed E-state index contributed by atoms with van der Waals surface area (Å²) in [6.45, 7) is 12.9. The van der Waals surface area contributed by atoms with Crippen LogP contribution in [0.15, 0.2) is 27.5 Å². The number of aryl methyl sites for hydroxylation is 1. The highest BCUT2D eigenvalue weighted by Crippen LogP contribution is 2.33. The molecule has 1 amide bonds. The SMILES string of the molecule is Cc1cc(Br)cc(C(C)C)c1-n1c(=O)nc(N2CCN(C(=O)OC(C)(C)C)CC2)c2cc(F)c(Cl)nc21. The number of aromatic nitrogens is 3. The van der Waals surface area contributed by atoms with Crippen molar-refractivity contribution in [3.63, 3.8) is 0 Å². The number of anilines is 1. The van der Waals surface area contributed by atoms with Gasteiger partial charge < -0.3 is 14.5 Å². The number of carbonyl (C=O) groups is 1. The van der Waals surface area contributed by atoms with Crippen molar-refractivity contribution in [3.8, 4) is 5.69 Å². The first kappa shape index (κ1) is 27.3. The second-order valence-corrected chi connectivity index (χ2v) is 11.7. The molecular weight excluding hydrogens is 565 g/mol. The van der Waals surface area contributed by atoms with E-state index in [1.165, 1.54) is 10.6 Å². The molecule has 0 radical (unpaired) electrons. The molecule has 2 aromatic heterocycles. The van der Waals surface area contributed by atoms with Gasteiger partial charge in [-0.1, -0.05) is 41.4 Å². The first-order valence-corrected chi connectivity index (χ1v) is 13.3. The molecule has 4 rings (SSSR count). The molecule has 3 heterocycles. The van der Waals surface area contributed by atoms with E-state index in [0.29, 0.717) is 43.1 Å². The van der Waals surface area contributed by atoms with Gasteiger partial charge in [0.25, 0.3) is 0 Å². The van der Waals surface area contributed by atoms with E-state index in [9.17, 15) is 14.0 Å². The lowest BCUT2D eigenvalue weighted by Gasteiger charge is -2.36. The minimum absolute atomic E-state index is 0.0877. The molecule has 0 unspecified atom stereocenters. The lowest BCUT2D eigenvalue weighted by Crippen LogP contribution is -2.50. The lowest BCUT2D eigenvalue weighted by atomic mass is 9.98. The predicted octanol–water partition coefficient (Wildman–Crippen LogP) is 5.82. The third-order valence-electron chi connectivity index (χ3n) is 6.13. The fourth-order valence-corrected chi connectivity index (χ4v) is 5.19. The Morgan fingerprint density at radius 2 is 1.78 bits per heavy atom. The summed E-state index contributed by atoms with van der Waals surface area (Å²) in [5.74, 6) is -0.305. The maximum absolute atomic E-state index is 14.7. The maximum Gasteiger partial charge on any atom is 0.410 e. The molecule has 1 aliphatic rings. The summed E-state index contributed by atoms with van der Waals surface area (Å²) in [7, 11) is 0. The number of rotatable bonds is 3. The van der Waals surface area contributed by atoms with Crippen molar-refractivity contribution < 1.29 is 13.9 Å². The molecule has 0 atom stereocenters. The Bertz CT molecular complexity index is 1430. The van der Waals surface area contributed by atoms with Gasteiger partial charge in [0.2, 0.25) is 0 Å². The smallest absolute Gasteiger partial charge is 0.410 e. The van der Waals surface area contributed by atoms with Crippen LogP contribution in [0.4, 0.5) is 15.0 Å². The minimum Gasteiger partial charge on any atom is -0.444 e. The predicted molar refractivity (Wildman–Crippen MR) is 147 cm³/mol. The molecule has 0 bridgehead atoms. The zero-order chi connectivity index (χ0) is 27.2. The molecule has 1 aliphatic heterocycles. The lowest BCUT2D eigenvalue weighted by molar-refractivity contribution is 0.0240. The van der Waals surface area contributed by atoms with Gasteiger partial charge in [-0.15, -0.1) is 0 Å². The molecule has 37 heavy (non-hydrogen) atoms. The van der Waals surface area contributed by atoms with Crippen molar-refractivity contribution >= 4 is 50.5 Å². The van der Waals surface area contributed by atoms with Crippen LogP contribution in [0.25, 0.3) is 16.7 Å². The Morgan fingerprint density at radius 3 is 2.38 bits per heavy atom. The first-order valence-electron chi connectivity index (χ1n) is 12.1. The Kier molecular flexibility index (Phi) is 7.54. The minimum atomic E-state index is -0.702. The van der Waals surface area contributed by atoms with Gasteiger partial charge in [-0.05, 0) is 62.9 Å². The fraction of sp³-hybridized carbons (Fsp3) is 0.462. The van der Waals surface area contributed by atoms with Gasteiger partial charge in [0, 0.05) is 30.7 Å². The molecule has 8 nitrogen and oxygen atoms in total. The monoisotopic (exact) mass is 593 g/mol. The molecule has 1 saturated heterocycles. The zero-order valence-electron chi connectivity index (χ0n) is 21.7. The number of hydrogen-bond acceptors (Lipinski definition) is 6. The van der Waals surface area contributed by atoms with Crippen molar-refractivity contribution in [3.05, 3.63) is 55.3 Å². The van der Waals surface area contributed by atoms with Gasteiger partial charge in [0.15, 0.2) is 16.6 Å². The fourth-order valence-electron chi connectivity index (χ4n) is 4.46. The Hall–Kier alpha value is -2.72. The standard InChI is InChI=1S/C26H30BrClFN5O3/c1-14(2)17-12-16(27)11-15(3)20(17)34-23-18(13-19(29)21(28)30-23)22(31-24(34)35)32-7-9-33(10-8-32)25(36)37-26(4,5)6/h11-14H,7-10H2,1-6H3. The average molecular weight is 595 g/mol. The van der Waals surface area contributed by atoms with Crippen LogP contribution in [0.3, 0.4) is 0 Å². The number of carbonyl (C=O) groups excluding carboxylic acids is 1. The van der Waals surface area contributed by atoms with E-state index in [-0.39, 0.29) is 16.7 Å². The quantitative estimate of drug-likeness (QED) is 0.355. The Labute approximate surface area is 228 Å². The van der Waals surface area contributed by atoms with E-state index in [1.54, 1.807) is 4.90 Å². The van der Waals surface area contributed by atoms with Crippen LogP contribution in [0.5, 0.6) is 0 Å². The molecule has 11 heteroatoms. The molecule has 0 saturated carbocycles. The van der Waals surface area contributed by atoms with Crippen LogP contribution in [-0.2, 0) is 4.74 Å². The van der Waals surface area contributed by atoms with Crippen LogP contribution < -0.4 is 10.6 Å². The van der Waals surface area contributed by atoms with Crippen molar-refractivity contribution in [2.24, 2.45) is 0 Å². The number of benzene rings is 1. The summed E-state index contributed by atoms with van der Waals surface area (Å²) >= 11 is 9.65. The third-order valence-corrected chi connectivity index (χ3v) is 6.85. The number of hydrogen-bond donors (Lipinski definition) is 0. The maximum atomic E-state index is 14.7. The summed E-state index contributed by atoms with van der Waals surface area (Å²) in [5, 5.41) is 0.0395. The highest BCUT2D eigenvalue weighted by Gasteiger charge is 2.29. The topological polar surface area (TPSA) is 80.6 Å². The van der Waals surface area contributed by atoms with Crippen LogP contribution >= 0.6 is 27.5 Å². The summed E-state index contributed by atoms with van der Waals surface area (Å²) in [6.07, 6.45) is -0.396. The van der Waals surface area contributed by atoms with Gasteiger partial charge in [-0.25, -0.2) is 23.5 Å². The Morgan fingerprint density at radius 1 is 1.14 bits per heavy atom. The summed E-state index contributed by atoms with van der Waals surface area (Å²) < 4.78 is 22.5. The zero-order valence-corrected chi connectivity index (χ0v) is 24.1. The summed E-state index contributed by atoms with van der Waals surface area (Å²) in [4.78, 5) is 38.3. The van der Waals surface area contributed by atoms with Gasteiger partial charge >= 0.3 is 11.8 Å². The first-order chi connectivity index (χ1) is 17.3. The van der Waals surface area contributed by atoms with Crippen molar-refractivity contribution in [2.45, 2.75) is 53.1 Å². The Balaban J connectivity index is 1.82. The van der Waals surface area contributed by atoms with E-state index in [0.717, 1.165) is 15.6 Å². The van der Waals surface area contributed by atoms with Crippen LogP contribution in [-0.4, -0.2) is 57.3 Å². The molecule has 1 aromatic carbocycles. The van der Waals surface area contributed by atoms with Gasteiger partial charge in [-0.3, -0.25) is 0 Å². The molecule has 3 aromatic rings. The number of piperazine rings is 1. The summed E-state index contributed by atoms with van der Waals surface area (Å²) in [5.41, 5.74) is 1.49. The molecule has 0 aliphatic carbocycles. The van der Waals surface area contributed by atoms with Crippen molar-refractivity contribution in [1.82, 2.24) is 19.4 Å². The van der Waals surface area contributed by atoms with Gasteiger partial charge in [0.05, 0.1) is 11.1 Å². The highest BCUT2D eigenvalue weighted by molar-refractivity contribution is 9.10. The largest absolute Gasteiger partial charge is 0.444 e. The second kappa shape index (κ2) is 10.2. The van der Waals surface area contributed by atoms with Crippen LogP contribution in [0, 0.1) is 12.7 Å². The van der Waals surface area contributed by atoms with Crippen molar-refractivity contribution in [1.29, 1.82) is 0 Å². The van der Waals surface area contributed by atoms with Crippen molar-refractivity contribution in [2.75, 3.05) is 31.1 Å². The second-order valence-electron chi connectivity index (χ2n) is 10.5. The number of amides is 1. The van der Waals surface area contributed by atoms with E-state index < -0.39 is 23.2 Å². The molecule has 0 N–H and O–H groups in total. The number of ether oxygens (including phenoxy) is 1. The molecular formula is C26H30BrClFN5O3. The number of nitrogens with zero attached hydrogens (tertiary/aromatic N) is 5. The van der Waals surface area contributed by atoms with E-state index >= 15 is 0 Å². The average Bonchev–Trinajstić information content (AvgIpc) is 2.79. The normalized spacial score (nSPS) is 14.5. The van der Waals surface area contributed by atoms with Crippen LogP contribution in [0.2, 0.25) is 5.15 Å². The van der Waals surface area contributed by atoms with Gasteiger partial charge in [-0.2, -0.15) is 4.98 Å². The number of halogens is 3. The molecule has 1 fully saturated rings. The van der Waals surface area contributed by atoms with Crippen LogP contribution in [0.1, 0.15) is 51.7 Å². The molecule has 198 valence electrons. The third kappa shape index (κ3) is 5.60. The van der Waals surface area contributed by atoms with E-state index in [4.69, 9.17) is 16.3 Å². The summed E-state index contributed by atoms with van der Waals surface area (Å²) in [6, 6.07) is 5.14. The van der Waals surface area contributed by atoms with E-state index in [2.05, 4.69) is 25.9 Å². The number of fused-ring (bicyclic) bond motifs is 1. The molecule has 0 spiro atoms. The highest BCUT2D eigenvalue weighted by atomic mass is 79.9. The van der Waals surface area contributed by atoms with E-state index in [1.807, 2.05) is 58.6 Å². The number of pyridine rings is 1.